The highest BCUT2D eigenvalue weighted by Crippen LogP contribution is 2.14. The molecule has 1 rings (SSSR count). The van der Waals surface area contributed by atoms with Crippen molar-refractivity contribution in [2.45, 2.75) is 19.8 Å². The molecule has 1 aliphatic rings. The van der Waals surface area contributed by atoms with Crippen molar-refractivity contribution in [3.8, 4) is 0 Å². The second-order valence-corrected chi connectivity index (χ2v) is 3.89. The van der Waals surface area contributed by atoms with E-state index >= 15 is 0 Å². The van der Waals surface area contributed by atoms with Gasteiger partial charge < -0.3 is 16.0 Å². The average Bonchev–Trinajstić information content (AvgIpc) is 2.63. The van der Waals surface area contributed by atoms with Gasteiger partial charge in [-0.25, -0.2) is 0 Å². The molecule has 82 valence electrons. The lowest BCUT2D eigenvalue weighted by atomic mass is 10.1. The number of carbonyl (C=O) groups excluding carboxylic acids is 1. The predicted molar refractivity (Wildman–Crippen MR) is 56.9 cm³/mol. The van der Waals surface area contributed by atoms with E-state index in [9.17, 15) is 4.79 Å². The summed E-state index contributed by atoms with van der Waals surface area (Å²) >= 11 is 0. The van der Waals surface area contributed by atoms with Crippen LogP contribution in [0.2, 0.25) is 0 Å². The van der Waals surface area contributed by atoms with Gasteiger partial charge in [0.05, 0.1) is 0 Å². The number of rotatable bonds is 5. The van der Waals surface area contributed by atoms with Gasteiger partial charge in [-0.15, -0.1) is 0 Å². The lowest BCUT2D eigenvalue weighted by Crippen LogP contribution is -2.30. The molecule has 1 amide bonds. The number of nitrogens with zero attached hydrogens (tertiary/aromatic N) is 1. The lowest BCUT2D eigenvalue weighted by Gasteiger charge is -2.14. The van der Waals surface area contributed by atoms with Crippen molar-refractivity contribution in [2.24, 2.45) is 11.7 Å². The summed E-state index contributed by atoms with van der Waals surface area (Å²) in [6, 6.07) is 0. The fourth-order valence-electron chi connectivity index (χ4n) is 1.85. The molecular formula is C10H21N3O. The highest BCUT2D eigenvalue weighted by Gasteiger charge is 2.20. The maximum atomic E-state index is 11.2. The third-order valence-electron chi connectivity index (χ3n) is 2.73. The Morgan fingerprint density at radius 2 is 2.43 bits per heavy atom. The van der Waals surface area contributed by atoms with Gasteiger partial charge in [-0.05, 0) is 32.4 Å². The van der Waals surface area contributed by atoms with Crippen LogP contribution in [0.4, 0.5) is 0 Å². The monoisotopic (exact) mass is 199 g/mol. The SMILES string of the molecule is CCNC(=O)CCN1CCC(CN)C1. The highest BCUT2D eigenvalue weighted by molar-refractivity contribution is 5.75. The number of amides is 1. The van der Waals surface area contributed by atoms with E-state index < -0.39 is 0 Å². The normalized spacial score (nSPS) is 22.6. The molecule has 0 aromatic carbocycles. The van der Waals surface area contributed by atoms with Crippen LogP contribution >= 0.6 is 0 Å². The Balaban J connectivity index is 2.11. The Labute approximate surface area is 85.8 Å². The summed E-state index contributed by atoms with van der Waals surface area (Å²) in [6.45, 7) is 6.49. The minimum absolute atomic E-state index is 0.156. The van der Waals surface area contributed by atoms with Crippen molar-refractivity contribution < 1.29 is 4.79 Å². The first-order valence-corrected chi connectivity index (χ1v) is 5.45. The Kier molecular flexibility index (Phi) is 4.90. The molecule has 4 heteroatoms. The number of nitrogens with two attached hydrogens (primary N) is 1. The topological polar surface area (TPSA) is 58.4 Å². The fourth-order valence-corrected chi connectivity index (χ4v) is 1.85. The first kappa shape index (κ1) is 11.5. The molecule has 0 saturated carbocycles. The van der Waals surface area contributed by atoms with Gasteiger partial charge in [0.15, 0.2) is 0 Å². The zero-order chi connectivity index (χ0) is 10.4. The van der Waals surface area contributed by atoms with Crippen LogP contribution in [-0.4, -0.2) is 43.5 Å². The van der Waals surface area contributed by atoms with Crippen molar-refractivity contribution in [3.05, 3.63) is 0 Å². The molecular weight excluding hydrogens is 178 g/mol. The van der Waals surface area contributed by atoms with E-state index in [1.54, 1.807) is 0 Å². The van der Waals surface area contributed by atoms with Crippen molar-refractivity contribution in [1.82, 2.24) is 10.2 Å². The minimum Gasteiger partial charge on any atom is -0.356 e. The highest BCUT2D eigenvalue weighted by atomic mass is 16.1. The van der Waals surface area contributed by atoms with Gasteiger partial charge in [-0.3, -0.25) is 4.79 Å². The summed E-state index contributed by atoms with van der Waals surface area (Å²) in [4.78, 5) is 13.5. The van der Waals surface area contributed by atoms with Crippen LogP contribution in [0, 0.1) is 5.92 Å². The Morgan fingerprint density at radius 1 is 1.64 bits per heavy atom. The van der Waals surface area contributed by atoms with Gasteiger partial charge >= 0.3 is 0 Å². The van der Waals surface area contributed by atoms with Crippen molar-refractivity contribution in [2.75, 3.05) is 32.7 Å². The Morgan fingerprint density at radius 3 is 3.00 bits per heavy atom. The second-order valence-electron chi connectivity index (χ2n) is 3.89. The Bertz CT molecular complexity index is 184. The molecule has 1 aliphatic heterocycles. The molecule has 0 aromatic heterocycles. The summed E-state index contributed by atoms with van der Waals surface area (Å²) in [7, 11) is 0. The summed E-state index contributed by atoms with van der Waals surface area (Å²) in [5.41, 5.74) is 5.59. The average molecular weight is 199 g/mol. The molecule has 0 spiro atoms. The van der Waals surface area contributed by atoms with E-state index in [-0.39, 0.29) is 5.91 Å². The van der Waals surface area contributed by atoms with Gasteiger partial charge in [0.1, 0.15) is 0 Å². The third kappa shape index (κ3) is 3.64. The van der Waals surface area contributed by atoms with E-state index in [1.165, 1.54) is 6.42 Å². The van der Waals surface area contributed by atoms with Crippen molar-refractivity contribution in [3.63, 3.8) is 0 Å². The molecule has 14 heavy (non-hydrogen) atoms. The van der Waals surface area contributed by atoms with Crippen molar-refractivity contribution >= 4 is 5.91 Å². The number of carbonyl (C=O) groups is 1. The number of hydrogen-bond acceptors (Lipinski definition) is 3. The smallest absolute Gasteiger partial charge is 0.221 e. The van der Waals surface area contributed by atoms with Crippen LogP contribution in [-0.2, 0) is 4.79 Å². The van der Waals surface area contributed by atoms with Gasteiger partial charge in [-0.2, -0.15) is 0 Å². The molecule has 0 bridgehead atoms. The maximum Gasteiger partial charge on any atom is 0.221 e. The minimum atomic E-state index is 0.156. The first-order valence-electron chi connectivity index (χ1n) is 5.45. The maximum absolute atomic E-state index is 11.2. The number of hydrogen-bond donors (Lipinski definition) is 2. The third-order valence-corrected chi connectivity index (χ3v) is 2.73. The van der Waals surface area contributed by atoms with E-state index in [1.807, 2.05) is 6.92 Å². The number of nitrogens with one attached hydrogen (secondary N) is 1. The van der Waals surface area contributed by atoms with Gasteiger partial charge in [0.2, 0.25) is 5.91 Å². The first-order chi connectivity index (χ1) is 6.76. The summed E-state index contributed by atoms with van der Waals surface area (Å²) < 4.78 is 0. The second kappa shape index (κ2) is 5.98. The zero-order valence-corrected chi connectivity index (χ0v) is 8.96. The van der Waals surface area contributed by atoms with Crippen LogP contribution in [0.1, 0.15) is 19.8 Å². The molecule has 1 unspecified atom stereocenters. The molecule has 3 N–H and O–H groups in total. The summed E-state index contributed by atoms with van der Waals surface area (Å²) in [6.07, 6.45) is 1.80. The summed E-state index contributed by atoms with van der Waals surface area (Å²) in [5.74, 6) is 0.799. The van der Waals surface area contributed by atoms with Crippen LogP contribution in [0.3, 0.4) is 0 Å². The van der Waals surface area contributed by atoms with E-state index in [2.05, 4.69) is 10.2 Å². The fraction of sp³-hybridized carbons (Fsp3) is 0.900. The van der Waals surface area contributed by atoms with E-state index in [0.29, 0.717) is 12.3 Å². The molecule has 0 aliphatic carbocycles. The van der Waals surface area contributed by atoms with E-state index in [0.717, 1.165) is 32.7 Å². The van der Waals surface area contributed by atoms with Crippen LogP contribution < -0.4 is 11.1 Å². The van der Waals surface area contributed by atoms with E-state index in [4.69, 9.17) is 5.73 Å². The molecule has 0 aromatic rings. The molecule has 1 atom stereocenters. The Hall–Kier alpha value is -0.610. The number of likely N-dealkylation sites (tertiary alicyclic amines) is 1. The zero-order valence-electron chi connectivity index (χ0n) is 8.96. The van der Waals surface area contributed by atoms with Crippen LogP contribution in [0.25, 0.3) is 0 Å². The van der Waals surface area contributed by atoms with Gasteiger partial charge in [-0.1, -0.05) is 0 Å². The molecule has 1 heterocycles. The van der Waals surface area contributed by atoms with Gasteiger partial charge in [0.25, 0.3) is 0 Å². The van der Waals surface area contributed by atoms with Crippen LogP contribution in [0.15, 0.2) is 0 Å². The summed E-state index contributed by atoms with van der Waals surface area (Å²) in [5, 5.41) is 2.80. The largest absolute Gasteiger partial charge is 0.356 e. The predicted octanol–water partition coefficient (Wildman–Crippen LogP) is -0.207. The van der Waals surface area contributed by atoms with Crippen LogP contribution in [0.5, 0.6) is 0 Å². The standard InChI is InChI=1S/C10H21N3O/c1-2-12-10(14)4-6-13-5-3-9(7-11)8-13/h9H,2-8,11H2,1H3,(H,12,14). The quantitative estimate of drug-likeness (QED) is 0.644. The lowest BCUT2D eigenvalue weighted by molar-refractivity contribution is -0.121. The molecule has 1 fully saturated rings. The molecule has 4 nitrogen and oxygen atoms in total. The molecule has 1 saturated heterocycles. The van der Waals surface area contributed by atoms with Gasteiger partial charge in [0, 0.05) is 26.1 Å². The molecule has 0 radical (unpaired) electrons. The van der Waals surface area contributed by atoms with Crippen molar-refractivity contribution in [1.29, 1.82) is 0 Å².